The van der Waals surface area contributed by atoms with Crippen molar-refractivity contribution in [3.63, 3.8) is 0 Å². The summed E-state index contributed by atoms with van der Waals surface area (Å²) in [4.78, 5) is 30.4. The van der Waals surface area contributed by atoms with Crippen molar-refractivity contribution in [3.8, 4) is 0 Å². The molecule has 0 N–H and O–H groups in total. The second-order valence-corrected chi connectivity index (χ2v) is 4.38. The Labute approximate surface area is 101 Å². The molecule has 0 aromatic carbocycles. The molecule has 0 saturated carbocycles. The van der Waals surface area contributed by atoms with Crippen molar-refractivity contribution < 1.29 is 14.2 Å². The van der Waals surface area contributed by atoms with E-state index in [-0.39, 0.29) is 11.9 Å². The first-order valence-electron chi connectivity index (χ1n) is 4.92. The Bertz CT molecular complexity index is 443. The van der Waals surface area contributed by atoms with Crippen LogP contribution in [0.3, 0.4) is 0 Å². The van der Waals surface area contributed by atoms with Crippen LogP contribution in [-0.2, 0) is 4.79 Å². The predicted octanol–water partition coefficient (Wildman–Crippen LogP) is 0.0742. The van der Waals surface area contributed by atoms with E-state index < -0.39 is 6.04 Å². The molecule has 7 heteroatoms. The molecule has 1 unspecified atom stereocenters. The number of amides is 3. The Kier molecular flexibility index (Phi) is 2.57. The van der Waals surface area contributed by atoms with E-state index in [0.29, 0.717) is 17.1 Å². The summed E-state index contributed by atoms with van der Waals surface area (Å²) in [6.07, 6.45) is 0. The number of rotatable bonds is 1. The molecular formula is C9H12BrN4O2+. The van der Waals surface area contributed by atoms with Crippen LogP contribution in [0, 0.1) is 0 Å². The molecule has 0 aromatic heterocycles. The van der Waals surface area contributed by atoms with Crippen LogP contribution < -0.4 is 0 Å². The fourth-order valence-corrected chi connectivity index (χ4v) is 2.52. The summed E-state index contributed by atoms with van der Waals surface area (Å²) >= 11 is 3.30. The van der Waals surface area contributed by atoms with Gasteiger partial charge in [-0.25, -0.2) is 9.37 Å². The SMILES string of the molecule is CC[N+]1=C(Br)N=C2C1C(=O)N(C)C(=O)N2C. The monoisotopic (exact) mass is 287 g/mol. The Morgan fingerprint density at radius 1 is 1.38 bits per heavy atom. The summed E-state index contributed by atoms with van der Waals surface area (Å²) in [6.45, 7) is 2.59. The largest absolute Gasteiger partial charge is 0.364 e. The molecule has 3 amide bonds. The second-order valence-electron chi connectivity index (χ2n) is 3.67. The quantitative estimate of drug-likeness (QED) is 0.506. The molecule has 16 heavy (non-hydrogen) atoms. The molecule has 2 aliphatic heterocycles. The van der Waals surface area contributed by atoms with Gasteiger partial charge in [-0.15, -0.1) is 0 Å². The van der Waals surface area contributed by atoms with E-state index in [9.17, 15) is 9.59 Å². The average Bonchev–Trinajstić information content (AvgIpc) is 2.60. The highest BCUT2D eigenvalue weighted by molar-refractivity contribution is 9.18. The number of aliphatic imine (C=N–C) groups is 1. The molecule has 0 bridgehead atoms. The Morgan fingerprint density at radius 3 is 2.56 bits per heavy atom. The number of halogens is 1. The summed E-state index contributed by atoms with van der Waals surface area (Å²) < 4.78 is 2.41. The van der Waals surface area contributed by atoms with Crippen molar-refractivity contribution in [2.24, 2.45) is 4.99 Å². The van der Waals surface area contributed by atoms with Crippen molar-refractivity contribution in [1.29, 1.82) is 0 Å². The Hall–Kier alpha value is -1.24. The first-order chi connectivity index (χ1) is 7.49. The molecule has 6 nitrogen and oxygen atoms in total. The van der Waals surface area contributed by atoms with Crippen molar-refractivity contribution in [2.75, 3.05) is 20.6 Å². The lowest BCUT2D eigenvalue weighted by Gasteiger charge is -2.30. The van der Waals surface area contributed by atoms with E-state index in [1.54, 1.807) is 7.05 Å². The number of urea groups is 1. The lowest BCUT2D eigenvalue weighted by atomic mass is 10.1. The van der Waals surface area contributed by atoms with E-state index in [4.69, 9.17) is 0 Å². The first-order valence-corrected chi connectivity index (χ1v) is 5.71. The van der Waals surface area contributed by atoms with Crippen LogP contribution >= 0.6 is 15.9 Å². The van der Waals surface area contributed by atoms with Gasteiger partial charge in [-0.05, 0) is 11.9 Å². The lowest BCUT2D eigenvalue weighted by molar-refractivity contribution is -0.528. The zero-order chi connectivity index (χ0) is 12.0. The van der Waals surface area contributed by atoms with Gasteiger partial charge in [0.1, 0.15) is 0 Å². The van der Waals surface area contributed by atoms with Crippen molar-refractivity contribution in [3.05, 3.63) is 0 Å². The number of hydrogen-bond acceptors (Lipinski definition) is 3. The molecular weight excluding hydrogens is 276 g/mol. The third kappa shape index (κ3) is 1.31. The van der Waals surface area contributed by atoms with Gasteiger partial charge in [-0.3, -0.25) is 14.6 Å². The number of carbonyl (C=O) groups excluding carboxylic acids is 2. The van der Waals surface area contributed by atoms with E-state index in [1.165, 1.54) is 11.9 Å². The van der Waals surface area contributed by atoms with Gasteiger partial charge in [-0.1, -0.05) is 0 Å². The number of fused-ring (bicyclic) bond motifs is 1. The van der Waals surface area contributed by atoms with E-state index in [1.807, 2.05) is 11.5 Å². The van der Waals surface area contributed by atoms with Crippen molar-refractivity contribution >= 4 is 38.4 Å². The molecule has 0 aromatic rings. The number of amidine groups is 2. The van der Waals surface area contributed by atoms with E-state index in [2.05, 4.69) is 20.9 Å². The molecule has 86 valence electrons. The van der Waals surface area contributed by atoms with Crippen LogP contribution in [0.1, 0.15) is 6.92 Å². The van der Waals surface area contributed by atoms with Crippen molar-refractivity contribution in [1.82, 2.24) is 9.80 Å². The van der Waals surface area contributed by atoms with Crippen LogP contribution in [-0.4, -0.2) is 63.6 Å². The third-order valence-electron chi connectivity index (χ3n) is 2.82. The number of nitrogens with zero attached hydrogens (tertiary/aromatic N) is 4. The minimum absolute atomic E-state index is 0.238. The molecule has 1 fully saturated rings. The van der Waals surface area contributed by atoms with Crippen LogP contribution in [0.2, 0.25) is 0 Å². The summed E-state index contributed by atoms with van der Waals surface area (Å²) in [5.74, 6) is 0.250. The maximum absolute atomic E-state index is 12.0. The first kappa shape index (κ1) is 11.3. The van der Waals surface area contributed by atoms with Gasteiger partial charge in [0.15, 0.2) is 0 Å². The zero-order valence-electron chi connectivity index (χ0n) is 9.27. The van der Waals surface area contributed by atoms with Gasteiger partial charge in [0, 0.05) is 14.1 Å². The fourth-order valence-electron chi connectivity index (χ4n) is 1.88. The van der Waals surface area contributed by atoms with Gasteiger partial charge in [0.05, 0.1) is 22.5 Å². The fraction of sp³-hybridized carbons (Fsp3) is 0.556. The summed E-state index contributed by atoms with van der Waals surface area (Å²) in [5, 5.41) is 0. The molecule has 0 aliphatic carbocycles. The third-order valence-corrected chi connectivity index (χ3v) is 3.46. The van der Waals surface area contributed by atoms with Gasteiger partial charge < -0.3 is 0 Å². The van der Waals surface area contributed by atoms with Crippen LogP contribution in [0.5, 0.6) is 0 Å². The van der Waals surface area contributed by atoms with E-state index in [0.717, 1.165) is 4.90 Å². The highest BCUT2D eigenvalue weighted by Gasteiger charge is 2.52. The maximum atomic E-state index is 12.0. The van der Waals surface area contributed by atoms with Gasteiger partial charge >= 0.3 is 10.8 Å². The summed E-state index contributed by atoms with van der Waals surface area (Å²) in [6, 6.07) is -0.828. The summed E-state index contributed by atoms with van der Waals surface area (Å²) in [5.41, 5.74) is 0. The number of imide groups is 1. The Morgan fingerprint density at radius 2 is 2.00 bits per heavy atom. The molecule has 2 heterocycles. The summed E-state index contributed by atoms with van der Waals surface area (Å²) in [7, 11) is 3.11. The van der Waals surface area contributed by atoms with Crippen molar-refractivity contribution in [2.45, 2.75) is 13.0 Å². The van der Waals surface area contributed by atoms with Gasteiger partial charge in [0.25, 0.3) is 17.8 Å². The zero-order valence-corrected chi connectivity index (χ0v) is 10.9. The molecule has 2 rings (SSSR count). The minimum Gasteiger partial charge on any atom is -0.269 e. The van der Waals surface area contributed by atoms with Crippen LogP contribution in [0.25, 0.3) is 0 Å². The van der Waals surface area contributed by atoms with Crippen LogP contribution in [0.4, 0.5) is 4.79 Å². The Balaban J connectivity index is 2.48. The number of hydrogen-bond donors (Lipinski definition) is 0. The smallest absolute Gasteiger partial charge is 0.269 e. The highest BCUT2D eigenvalue weighted by Crippen LogP contribution is 2.19. The lowest BCUT2D eigenvalue weighted by Crippen LogP contribution is -2.61. The second kappa shape index (κ2) is 3.65. The standard InChI is InChI=1S/C9H12BrN4O2/c1-4-14-5-6(11-8(14)10)12(2)9(16)13(3)7(5)15/h5H,4H2,1-3H3/q+1. The molecule has 1 saturated heterocycles. The highest BCUT2D eigenvalue weighted by atomic mass is 79.9. The number of likely N-dealkylation sites (N-methyl/N-ethyl adjacent to an activating group) is 3. The topological polar surface area (TPSA) is 56.0 Å². The normalized spacial score (nSPS) is 25.2. The predicted molar refractivity (Wildman–Crippen MR) is 61.9 cm³/mol. The average molecular weight is 288 g/mol. The molecule has 0 radical (unpaired) electrons. The molecule has 2 aliphatic rings. The maximum Gasteiger partial charge on any atom is 0.364 e. The van der Waals surface area contributed by atoms with Crippen LogP contribution in [0.15, 0.2) is 4.99 Å². The molecule has 1 atom stereocenters. The van der Waals surface area contributed by atoms with Gasteiger partial charge in [0.2, 0.25) is 0 Å². The van der Waals surface area contributed by atoms with Gasteiger partial charge in [-0.2, -0.15) is 0 Å². The van der Waals surface area contributed by atoms with E-state index >= 15 is 0 Å². The molecule has 0 spiro atoms. The number of carbonyl (C=O) groups is 2. The minimum atomic E-state index is -0.480.